The Labute approximate surface area is 221 Å². The molecule has 1 saturated carbocycles. The van der Waals surface area contributed by atoms with Gasteiger partial charge in [0.05, 0.1) is 17.6 Å². The predicted molar refractivity (Wildman–Crippen MR) is 145 cm³/mol. The Morgan fingerprint density at radius 1 is 1.11 bits per heavy atom. The van der Waals surface area contributed by atoms with Gasteiger partial charge in [-0.3, -0.25) is 9.59 Å². The molecule has 3 rings (SSSR count). The van der Waals surface area contributed by atoms with Crippen LogP contribution in [0.1, 0.15) is 86.5 Å². The molecule has 0 aromatic carbocycles. The monoisotopic (exact) mass is 514 g/mol. The largest absolute Gasteiger partial charge is 0.481 e. The highest BCUT2D eigenvalue weighted by Crippen LogP contribution is 2.70. The molecular weight excluding hydrogens is 468 g/mol. The van der Waals surface area contributed by atoms with Gasteiger partial charge in [-0.1, -0.05) is 51.7 Å². The number of carbonyl (C=O) groups is 2. The maximum atomic E-state index is 12.6. The van der Waals surface area contributed by atoms with E-state index in [1.54, 1.807) is 13.8 Å². The van der Waals surface area contributed by atoms with Gasteiger partial charge in [-0.05, 0) is 92.8 Å². The zero-order valence-corrected chi connectivity index (χ0v) is 23.4. The number of rotatable bonds is 10. The molecule has 3 aliphatic rings. The smallest absolute Gasteiger partial charge is 0.306 e. The molecule has 37 heavy (non-hydrogen) atoms. The standard InChI is InChI=1S/C31H46O6/c1-18(2)21-11-12-23-22(29(21,6)15-14-25(33)34)13-16-30(7)26(24(32)17-31(23,30)8)20(27(35)36)10-9-19(3)28(4,5)37/h12-13,20-21,24,26,32,37H,1,3,9-11,14-17H2,2,4-8H3,(H,33,34)(H,35,36). The van der Waals surface area contributed by atoms with Crippen molar-refractivity contribution < 1.29 is 30.0 Å². The molecule has 0 aliphatic heterocycles. The van der Waals surface area contributed by atoms with Crippen LogP contribution in [0.5, 0.6) is 0 Å². The van der Waals surface area contributed by atoms with E-state index in [2.05, 4.69) is 46.1 Å². The van der Waals surface area contributed by atoms with Gasteiger partial charge in [0.1, 0.15) is 0 Å². The van der Waals surface area contributed by atoms with E-state index >= 15 is 0 Å². The number of hydrogen-bond donors (Lipinski definition) is 4. The van der Waals surface area contributed by atoms with Gasteiger partial charge in [0.15, 0.2) is 0 Å². The topological polar surface area (TPSA) is 115 Å². The van der Waals surface area contributed by atoms with E-state index < -0.39 is 51.7 Å². The molecule has 4 N–H and O–H groups in total. The summed E-state index contributed by atoms with van der Waals surface area (Å²) in [6.07, 6.45) is 6.71. The van der Waals surface area contributed by atoms with E-state index in [1.807, 2.05) is 6.92 Å². The lowest BCUT2D eigenvalue weighted by Crippen LogP contribution is -2.48. The van der Waals surface area contributed by atoms with Gasteiger partial charge in [0.25, 0.3) is 0 Å². The molecule has 6 nitrogen and oxygen atoms in total. The van der Waals surface area contributed by atoms with Crippen LogP contribution in [0.4, 0.5) is 0 Å². The van der Waals surface area contributed by atoms with Crippen LogP contribution in [0, 0.1) is 34.0 Å². The third-order valence-electron chi connectivity index (χ3n) is 10.4. The average molecular weight is 515 g/mol. The number of hydrogen-bond acceptors (Lipinski definition) is 4. The SMILES string of the molecule is C=C(C)C1CC=C2C(=CCC3(C)C(C(CCC(=C)C(C)(C)O)C(=O)O)C(O)CC23C)C1(C)CCC(=O)O. The Morgan fingerprint density at radius 3 is 2.24 bits per heavy atom. The zero-order valence-electron chi connectivity index (χ0n) is 23.4. The normalized spacial score (nSPS) is 36.1. The van der Waals surface area contributed by atoms with Crippen molar-refractivity contribution in [3.63, 3.8) is 0 Å². The minimum Gasteiger partial charge on any atom is -0.481 e. The summed E-state index contributed by atoms with van der Waals surface area (Å²) in [7, 11) is 0. The van der Waals surface area contributed by atoms with Crippen LogP contribution >= 0.6 is 0 Å². The van der Waals surface area contributed by atoms with Gasteiger partial charge < -0.3 is 20.4 Å². The van der Waals surface area contributed by atoms with Crippen molar-refractivity contribution in [3.05, 3.63) is 47.6 Å². The lowest BCUT2D eigenvalue weighted by Gasteiger charge is -2.56. The van der Waals surface area contributed by atoms with Crippen molar-refractivity contribution in [3.8, 4) is 0 Å². The molecule has 0 aromatic rings. The second-order valence-electron chi connectivity index (χ2n) is 13.1. The maximum absolute atomic E-state index is 12.6. The van der Waals surface area contributed by atoms with Crippen molar-refractivity contribution >= 4 is 11.9 Å². The van der Waals surface area contributed by atoms with Crippen molar-refractivity contribution in [2.45, 2.75) is 98.2 Å². The number of aliphatic hydroxyl groups excluding tert-OH is 1. The highest BCUT2D eigenvalue weighted by Gasteiger charge is 2.65. The molecule has 0 saturated heterocycles. The molecular formula is C31H46O6. The van der Waals surface area contributed by atoms with Gasteiger partial charge in [-0.15, -0.1) is 0 Å². The first-order valence-electron chi connectivity index (χ1n) is 13.5. The summed E-state index contributed by atoms with van der Waals surface area (Å²) in [5, 5.41) is 41.5. The van der Waals surface area contributed by atoms with Crippen LogP contribution < -0.4 is 0 Å². The fourth-order valence-corrected chi connectivity index (χ4v) is 7.86. The molecule has 6 heteroatoms. The summed E-state index contributed by atoms with van der Waals surface area (Å²) >= 11 is 0. The first-order chi connectivity index (χ1) is 16.9. The van der Waals surface area contributed by atoms with E-state index in [0.29, 0.717) is 37.7 Å². The molecule has 0 radical (unpaired) electrons. The zero-order chi connectivity index (χ0) is 28.1. The molecule has 0 spiro atoms. The molecule has 0 amide bonds. The third kappa shape index (κ3) is 4.87. The van der Waals surface area contributed by atoms with Crippen molar-refractivity contribution in [2.75, 3.05) is 0 Å². The van der Waals surface area contributed by atoms with E-state index in [1.165, 1.54) is 0 Å². The summed E-state index contributed by atoms with van der Waals surface area (Å²) in [6.45, 7) is 19.9. The summed E-state index contributed by atoms with van der Waals surface area (Å²) < 4.78 is 0. The first-order valence-corrected chi connectivity index (χ1v) is 13.5. The summed E-state index contributed by atoms with van der Waals surface area (Å²) in [5.41, 5.74) is 1.47. The van der Waals surface area contributed by atoms with E-state index in [-0.39, 0.29) is 12.3 Å². The Hall–Kier alpha value is -2.18. The van der Waals surface area contributed by atoms with Crippen LogP contribution in [-0.4, -0.2) is 44.1 Å². The Balaban J connectivity index is 2.04. The highest BCUT2D eigenvalue weighted by atomic mass is 16.4. The Morgan fingerprint density at radius 2 is 1.73 bits per heavy atom. The fraction of sp³-hybridized carbons (Fsp3) is 0.677. The average Bonchev–Trinajstić information content (AvgIpc) is 2.97. The minimum atomic E-state index is -1.09. The number of carboxylic acids is 2. The van der Waals surface area contributed by atoms with Gasteiger partial charge in [-0.2, -0.15) is 0 Å². The molecule has 3 aliphatic carbocycles. The molecule has 206 valence electrons. The van der Waals surface area contributed by atoms with E-state index in [9.17, 15) is 30.0 Å². The number of aliphatic hydroxyl groups is 2. The highest BCUT2D eigenvalue weighted by molar-refractivity contribution is 5.71. The predicted octanol–water partition coefficient (Wildman–Crippen LogP) is 5.91. The van der Waals surface area contributed by atoms with Gasteiger partial charge in [0, 0.05) is 17.8 Å². The number of aliphatic carboxylic acids is 2. The van der Waals surface area contributed by atoms with Crippen LogP contribution in [0.2, 0.25) is 0 Å². The van der Waals surface area contributed by atoms with Crippen molar-refractivity contribution in [1.82, 2.24) is 0 Å². The van der Waals surface area contributed by atoms with Crippen LogP contribution in [0.3, 0.4) is 0 Å². The summed E-state index contributed by atoms with van der Waals surface area (Å²) in [4.78, 5) is 24.1. The van der Waals surface area contributed by atoms with E-state index in [0.717, 1.165) is 23.1 Å². The molecule has 0 aromatic heterocycles. The second-order valence-corrected chi connectivity index (χ2v) is 13.1. The quantitative estimate of drug-likeness (QED) is 0.269. The number of carboxylic acid groups (broad SMARTS) is 2. The van der Waals surface area contributed by atoms with E-state index in [4.69, 9.17) is 0 Å². The molecule has 7 atom stereocenters. The first kappa shape index (κ1) is 29.4. The lowest BCUT2D eigenvalue weighted by molar-refractivity contribution is -0.148. The fourth-order valence-electron chi connectivity index (χ4n) is 7.86. The lowest BCUT2D eigenvalue weighted by atomic mass is 9.48. The van der Waals surface area contributed by atoms with Crippen LogP contribution in [0.15, 0.2) is 47.6 Å². The summed E-state index contributed by atoms with van der Waals surface area (Å²) in [5.74, 6) is -2.87. The second kappa shape index (κ2) is 9.85. The molecule has 0 bridgehead atoms. The summed E-state index contributed by atoms with van der Waals surface area (Å²) in [6, 6.07) is 0. The molecule has 0 heterocycles. The van der Waals surface area contributed by atoms with Crippen LogP contribution in [-0.2, 0) is 9.59 Å². The number of fused-ring (bicyclic) bond motifs is 3. The van der Waals surface area contributed by atoms with Crippen molar-refractivity contribution in [1.29, 1.82) is 0 Å². The van der Waals surface area contributed by atoms with Gasteiger partial charge in [0.2, 0.25) is 0 Å². The van der Waals surface area contributed by atoms with Crippen LogP contribution in [0.25, 0.3) is 0 Å². The van der Waals surface area contributed by atoms with Gasteiger partial charge >= 0.3 is 11.9 Å². The van der Waals surface area contributed by atoms with Crippen molar-refractivity contribution in [2.24, 2.45) is 34.0 Å². The third-order valence-corrected chi connectivity index (χ3v) is 10.4. The molecule has 1 fully saturated rings. The minimum absolute atomic E-state index is 0.0658. The van der Waals surface area contributed by atoms with Gasteiger partial charge in [-0.25, -0.2) is 0 Å². The maximum Gasteiger partial charge on any atom is 0.306 e. The number of allylic oxidation sites excluding steroid dienone is 5. The molecule has 7 unspecified atom stereocenters. The Bertz CT molecular complexity index is 1040. The Kier molecular flexibility index (Phi) is 7.82.